The van der Waals surface area contributed by atoms with Gasteiger partial charge in [-0.1, -0.05) is 17.3 Å². The lowest BCUT2D eigenvalue weighted by molar-refractivity contribution is -0.126. The lowest BCUT2D eigenvalue weighted by Crippen LogP contribution is -2.41. The second-order valence-electron chi connectivity index (χ2n) is 6.43. The van der Waals surface area contributed by atoms with Gasteiger partial charge in [-0.25, -0.2) is 14.4 Å². The van der Waals surface area contributed by atoms with Crippen molar-refractivity contribution in [3.63, 3.8) is 0 Å². The topological polar surface area (TPSA) is 114 Å². The molecule has 2 amide bonds. The van der Waals surface area contributed by atoms with E-state index >= 15 is 0 Å². The van der Waals surface area contributed by atoms with Gasteiger partial charge in [-0.15, -0.1) is 0 Å². The van der Waals surface area contributed by atoms with Crippen molar-refractivity contribution in [2.75, 3.05) is 11.4 Å². The van der Waals surface area contributed by atoms with Gasteiger partial charge < -0.3 is 14.7 Å². The van der Waals surface area contributed by atoms with Crippen LogP contribution in [0.3, 0.4) is 0 Å². The zero-order valence-corrected chi connectivity index (χ0v) is 15.3. The van der Waals surface area contributed by atoms with Gasteiger partial charge in [0, 0.05) is 31.8 Å². The number of para-hydroxylation sites is 1. The predicted octanol–water partition coefficient (Wildman–Crippen LogP) is 1.52. The second-order valence-corrected chi connectivity index (χ2v) is 6.43. The molecule has 10 heteroatoms. The number of nitrogens with one attached hydrogen (secondary N) is 1. The standard InChI is InChI=1S/C19H17FN6O3/c20-12-4-1-2-5-14(12)26-11-8-13(19(26)28)23-15(27)6-7-16-24-18(25-29-16)17-21-9-3-10-22-17/h1-5,9-10,13H,6-8,11H2,(H,23,27). The summed E-state index contributed by atoms with van der Waals surface area (Å²) in [5.74, 6) is -0.279. The lowest BCUT2D eigenvalue weighted by atomic mass is 10.2. The van der Waals surface area contributed by atoms with Crippen molar-refractivity contribution >= 4 is 17.5 Å². The molecule has 0 bridgehead atoms. The number of halogens is 1. The molecule has 1 fully saturated rings. The molecule has 1 aromatic carbocycles. The lowest BCUT2D eigenvalue weighted by Gasteiger charge is -2.17. The Morgan fingerprint density at radius 3 is 2.79 bits per heavy atom. The summed E-state index contributed by atoms with van der Waals surface area (Å²) in [6.07, 6.45) is 3.82. The summed E-state index contributed by atoms with van der Waals surface area (Å²) in [7, 11) is 0. The Morgan fingerprint density at radius 2 is 2.00 bits per heavy atom. The van der Waals surface area contributed by atoms with Gasteiger partial charge in [0.15, 0.2) is 0 Å². The number of anilines is 1. The summed E-state index contributed by atoms with van der Waals surface area (Å²) in [5, 5.41) is 6.48. The van der Waals surface area contributed by atoms with Crippen LogP contribution in [0.25, 0.3) is 11.6 Å². The summed E-state index contributed by atoms with van der Waals surface area (Å²) in [6, 6.07) is 7.06. The molecule has 3 heterocycles. The van der Waals surface area contributed by atoms with Crippen molar-refractivity contribution in [3.05, 3.63) is 54.4 Å². The number of nitrogens with zero attached hydrogens (tertiary/aromatic N) is 5. The molecule has 148 valence electrons. The third-order valence-electron chi connectivity index (χ3n) is 4.48. The molecular weight excluding hydrogens is 379 g/mol. The fraction of sp³-hybridized carbons (Fsp3) is 0.263. The monoisotopic (exact) mass is 396 g/mol. The quantitative estimate of drug-likeness (QED) is 0.672. The molecule has 4 rings (SSSR count). The Labute approximate surface area is 165 Å². The molecule has 0 spiro atoms. The van der Waals surface area contributed by atoms with Gasteiger partial charge in [-0.3, -0.25) is 9.59 Å². The van der Waals surface area contributed by atoms with Crippen LogP contribution in [0.2, 0.25) is 0 Å². The number of benzene rings is 1. The maximum absolute atomic E-state index is 13.9. The molecule has 0 radical (unpaired) electrons. The summed E-state index contributed by atoms with van der Waals surface area (Å²) in [4.78, 5) is 38.3. The number of hydrogen-bond acceptors (Lipinski definition) is 7. The number of carbonyl (C=O) groups is 2. The van der Waals surface area contributed by atoms with Gasteiger partial charge in [0.1, 0.15) is 11.9 Å². The Bertz CT molecular complexity index is 1030. The van der Waals surface area contributed by atoms with E-state index in [0.29, 0.717) is 18.8 Å². The first-order chi connectivity index (χ1) is 14.1. The van der Waals surface area contributed by atoms with E-state index in [4.69, 9.17) is 4.52 Å². The number of aromatic nitrogens is 4. The minimum absolute atomic E-state index is 0.0702. The van der Waals surface area contributed by atoms with Crippen molar-refractivity contribution in [1.29, 1.82) is 0 Å². The summed E-state index contributed by atoms with van der Waals surface area (Å²) < 4.78 is 19.0. The highest BCUT2D eigenvalue weighted by molar-refractivity contribution is 6.01. The average molecular weight is 396 g/mol. The molecule has 29 heavy (non-hydrogen) atoms. The minimum Gasteiger partial charge on any atom is -0.344 e. The van der Waals surface area contributed by atoms with Gasteiger partial charge in [-0.2, -0.15) is 4.98 Å². The smallest absolute Gasteiger partial charge is 0.249 e. The molecule has 0 saturated carbocycles. The first kappa shape index (κ1) is 18.7. The van der Waals surface area contributed by atoms with E-state index in [1.807, 2.05) is 0 Å². The van der Waals surface area contributed by atoms with E-state index in [1.54, 1.807) is 36.7 Å². The first-order valence-electron chi connectivity index (χ1n) is 9.07. The van der Waals surface area contributed by atoms with Crippen LogP contribution in [-0.2, 0) is 16.0 Å². The van der Waals surface area contributed by atoms with Crippen LogP contribution in [0.1, 0.15) is 18.7 Å². The molecule has 1 N–H and O–H groups in total. The highest BCUT2D eigenvalue weighted by Gasteiger charge is 2.34. The maximum atomic E-state index is 13.9. The van der Waals surface area contributed by atoms with E-state index in [-0.39, 0.29) is 42.1 Å². The normalized spacial score (nSPS) is 16.2. The Kier molecular flexibility index (Phi) is 5.23. The second kappa shape index (κ2) is 8.13. The fourth-order valence-corrected chi connectivity index (χ4v) is 3.07. The van der Waals surface area contributed by atoms with Crippen molar-refractivity contribution in [3.8, 4) is 11.6 Å². The molecule has 9 nitrogen and oxygen atoms in total. The first-order valence-corrected chi connectivity index (χ1v) is 9.07. The van der Waals surface area contributed by atoms with Crippen LogP contribution in [0.5, 0.6) is 0 Å². The third-order valence-corrected chi connectivity index (χ3v) is 4.48. The third kappa shape index (κ3) is 4.10. The molecule has 1 saturated heterocycles. The van der Waals surface area contributed by atoms with Crippen LogP contribution in [-0.4, -0.2) is 44.5 Å². The zero-order chi connectivity index (χ0) is 20.2. The molecule has 1 unspecified atom stereocenters. The minimum atomic E-state index is -0.682. The molecule has 2 aromatic heterocycles. The summed E-state index contributed by atoms with van der Waals surface area (Å²) in [6.45, 7) is 0.342. The van der Waals surface area contributed by atoms with Gasteiger partial charge in [0.25, 0.3) is 0 Å². The summed E-state index contributed by atoms with van der Waals surface area (Å²) >= 11 is 0. The van der Waals surface area contributed by atoms with Gasteiger partial charge >= 0.3 is 0 Å². The van der Waals surface area contributed by atoms with Crippen LogP contribution in [0.4, 0.5) is 10.1 Å². The molecule has 3 aromatic rings. The molecule has 1 aliphatic rings. The predicted molar refractivity (Wildman–Crippen MR) is 98.9 cm³/mol. The van der Waals surface area contributed by atoms with Crippen LogP contribution in [0, 0.1) is 5.82 Å². The largest absolute Gasteiger partial charge is 0.344 e. The van der Waals surface area contributed by atoms with Crippen LogP contribution in [0.15, 0.2) is 47.2 Å². The number of hydrogen-bond donors (Lipinski definition) is 1. The molecule has 1 aliphatic heterocycles. The van der Waals surface area contributed by atoms with Gasteiger partial charge in [0.2, 0.25) is 29.4 Å². The van der Waals surface area contributed by atoms with E-state index in [2.05, 4.69) is 25.4 Å². The van der Waals surface area contributed by atoms with Gasteiger partial charge in [0.05, 0.1) is 5.69 Å². The van der Waals surface area contributed by atoms with Crippen LogP contribution < -0.4 is 10.2 Å². The molecule has 0 aliphatic carbocycles. The van der Waals surface area contributed by atoms with Crippen LogP contribution >= 0.6 is 0 Å². The summed E-state index contributed by atoms with van der Waals surface area (Å²) in [5.41, 5.74) is 0.218. The number of amides is 2. The maximum Gasteiger partial charge on any atom is 0.249 e. The highest BCUT2D eigenvalue weighted by atomic mass is 19.1. The SMILES string of the molecule is O=C(CCc1nc(-c2ncccn2)no1)NC1CCN(c2ccccc2F)C1=O. The Balaban J connectivity index is 1.31. The van der Waals surface area contributed by atoms with E-state index in [1.165, 1.54) is 11.0 Å². The van der Waals surface area contributed by atoms with E-state index in [9.17, 15) is 14.0 Å². The van der Waals surface area contributed by atoms with Crippen molar-refractivity contribution in [2.24, 2.45) is 0 Å². The zero-order valence-electron chi connectivity index (χ0n) is 15.3. The number of carbonyl (C=O) groups excluding carboxylic acids is 2. The van der Waals surface area contributed by atoms with Crippen molar-refractivity contribution in [2.45, 2.75) is 25.3 Å². The van der Waals surface area contributed by atoms with Crippen molar-refractivity contribution < 1.29 is 18.5 Å². The Hall–Kier alpha value is -3.69. The Morgan fingerprint density at radius 1 is 1.21 bits per heavy atom. The van der Waals surface area contributed by atoms with E-state index < -0.39 is 11.9 Å². The highest BCUT2D eigenvalue weighted by Crippen LogP contribution is 2.24. The number of rotatable bonds is 6. The average Bonchev–Trinajstić information content (AvgIpc) is 3.35. The van der Waals surface area contributed by atoms with E-state index in [0.717, 1.165) is 0 Å². The molecular formula is C19H17FN6O3. The number of aryl methyl sites for hydroxylation is 1. The fourth-order valence-electron chi connectivity index (χ4n) is 3.07. The van der Waals surface area contributed by atoms with Gasteiger partial charge in [-0.05, 0) is 24.6 Å². The van der Waals surface area contributed by atoms with Crippen molar-refractivity contribution in [1.82, 2.24) is 25.4 Å². The molecule has 1 atom stereocenters.